The van der Waals surface area contributed by atoms with E-state index in [1.165, 1.54) is 0 Å². The first kappa shape index (κ1) is 17.7. The Morgan fingerprint density at radius 1 is 1.14 bits per heavy atom. The maximum atomic E-state index is 12.4. The van der Waals surface area contributed by atoms with E-state index in [0.717, 1.165) is 37.2 Å². The lowest BCUT2D eigenvalue weighted by atomic mass is 9.92. The van der Waals surface area contributed by atoms with Gasteiger partial charge >= 0.3 is 0 Å². The SMILES string of the molecule is O=C1C=C(C2CCNCC2)N2NCC(c3nnc(-c4ccc(Cl)cc4)o3)C2N1. The Morgan fingerprint density at radius 2 is 1.93 bits per heavy atom. The molecule has 1 amide bonds. The zero-order chi connectivity index (χ0) is 19.1. The molecule has 2 aromatic rings. The Morgan fingerprint density at radius 3 is 2.71 bits per heavy atom. The predicted octanol–water partition coefficient (Wildman–Crippen LogP) is 1.63. The third-order valence-corrected chi connectivity index (χ3v) is 5.85. The second-order valence-corrected chi connectivity index (χ2v) is 7.77. The molecule has 0 radical (unpaired) electrons. The highest BCUT2D eigenvalue weighted by atomic mass is 35.5. The molecule has 3 aliphatic heterocycles. The van der Waals surface area contributed by atoms with E-state index in [0.29, 0.717) is 29.3 Å². The molecule has 2 saturated heterocycles. The van der Waals surface area contributed by atoms with Crippen LogP contribution in [0.1, 0.15) is 24.7 Å². The number of hydrogen-bond donors (Lipinski definition) is 3. The summed E-state index contributed by atoms with van der Waals surface area (Å²) in [7, 11) is 0. The molecule has 0 aliphatic carbocycles. The molecular formula is C19H21ClN6O2. The number of carbonyl (C=O) groups excluding carboxylic acids is 1. The third kappa shape index (κ3) is 3.17. The van der Waals surface area contributed by atoms with Crippen LogP contribution >= 0.6 is 11.6 Å². The molecule has 8 nitrogen and oxygen atoms in total. The van der Waals surface area contributed by atoms with Crippen LogP contribution < -0.4 is 16.1 Å². The summed E-state index contributed by atoms with van der Waals surface area (Å²) in [5.41, 5.74) is 5.28. The number of fused-ring (bicyclic) bond motifs is 1. The second-order valence-electron chi connectivity index (χ2n) is 7.34. The number of rotatable bonds is 3. The summed E-state index contributed by atoms with van der Waals surface area (Å²) in [5.74, 6) is 1.13. The fraction of sp³-hybridized carbons (Fsp3) is 0.421. The van der Waals surface area contributed by atoms with Crippen LogP contribution in [0, 0.1) is 5.92 Å². The molecule has 2 fully saturated rings. The van der Waals surface area contributed by atoms with Gasteiger partial charge in [-0.3, -0.25) is 9.80 Å². The van der Waals surface area contributed by atoms with Crippen molar-refractivity contribution in [3.8, 4) is 11.5 Å². The molecule has 28 heavy (non-hydrogen) atoms. The van der Waals surface area contributed by atoms with Gasteiger partial charge in [0.05, 0.1) is 5.92 Å². The van der Waals surface area contributed by atoms with E-state index in [1.54, 1.807) is 18.2 Å². The summed E-state index contributed by atoms with van der Waals surface area (Å²) in [6, 6.07) is 7.27. The van der Waals surface area contributed by atoms with Gasteiger partial charge in [0.1, 0.15) is 6.17 Å². The fourth-order valence-corrected chi connectivity index (χ4v) is 4.27. The average Bonchev–Trinajstić information content (AvgIpc) is 3.35. The van der Waals surface area contributed by atoms with Crippen LogP contribution in [0.15, 0.2) is 40.5 Å². The highest BCUT2D eigenvalue weighted by Gasteiger charge is 2.44. The zero-order valence-electron chi connectivity index (χ0n) is 15.2. The van der Waals surface area contributed by atoms with E-state index in [2.05, 4.69) is 31.3 Å². The maximum Gasteiger partial charge on any atom is 0.247 e. The van der Waals surface area contributed by atoms with E-state index in [9.17, 15) is 4.79 Å². The van der Waals surface area contributed by atoms with Crippen LogP contribution in [0.2, 0.25) is 5.02 Å². The average molecular weight is 401 g/mol. The Labute approximate surface area is 167 Å². The number of hydrazine groups is 1. The quantitative estimate of drug-likeness (QED) is 0.720. The minimum absolute atomic E-state index is 0.0686. The number of benzene rings is 1. The number of hydrogen-bond acceptors (Lipinski definition) is 7. The van der Waals surface area contributed by atoms with E-state index >= 15 is 0 Å². The van der Waals surface area contributed by atoms with Crippen LogP contribution in [0.25, 0.3) is 11.5 Å². The molecule has 5 rings (SSSR count). The molecule has 146 valence electrons. The summed E-state index contributed by atoms with van der Waals surface area (Å²) < 4.78 is 5.95. The summed E-state index contributed by atoms with van der Waals surface area (Å²) in [6.45, 7) is 2.56. The van der Waals surface area contributed by atoms with Gasteiger partial charge in [-0.25, -0.2) is 5.43 Å². The maximum absolute atomic E-state index is 12.4. The minimum Gasteiger partial charge on any atom is -0.420 e. The van der Waals surface area contributed by atoms with Crippen molar-refractivity contribution in [3.05, 3.63) is 47.0 Å². The molecule has 2 unspecified atom stereocenters. The van der Waals surface area contributed by atoms with Crippen LogP contribution in [0.4, 0.5) is 0 Å². The van der Waals surface area contributed by atoms with E-state index in [-0.39, 0.29) is 18.0 Å². The van der Waals surface area contributed by atoms with Gasteiger partial charge in [0, 0.05) is 34.8 Å². The van der Waals surface area contributed by atoms with Crippen LogP contribution in [0.5, 0.6) is 0 Å². The standard InChI is InChI=1S/C19H21ClN6O2/c20-13-3-1-12(2-4-13)18-24-25-19(28-18)14-10-22-26-15(9-16(27)23-17(14)26)11-5-7-21-8-6-11/h1-4,9,11,14,17,21-22H,5-8,10H2,(H,23,27). The number of piperidine rings is 1. The van der Waals surface area contributed by atoms with E-state index < -0.39 is 0 Å². The molecule has 0 bridgehead atoms. The first-order valence-corrected chi connectivity index (χ1v) is 9.92. The van der Waals surface area contributed by atoms with Gasteiger partial charge in [0.2, 0.25) is 17.7 Å². The summed E-state index contributed by atoms with van der Waals surface area (Å²) in [4.78, 5) is 12.4. The lowest BCUT2D eigenvalue weighted by Gasteiger charge is -2.38. The van der Waals surface area contributed by atoms with Crippen molar-refractivity contribution in [2.45, 2.75) is 24.9 Å². The number of halogens is 1. The molecule has 3 N–H and O–H groups in total. The first-order valence-electron chi connectivity index (χ1n) is 9.54. The normalized spacial score (nSPS) is 25.4. The Bertz CT molecular complexity index is 905. The molecule has 2 atom stereocenters. The van der Waals surface area contributed by atoms with Gasteiger partial charge in [0.15, 0.2) is 0 Å². The number of allylic oxidation sites excluding steroid dienone is 1. The summed E-state index contributed by atoms with van der Waals surface area (Å²) in [6.07, 6.45) is 3.53. The van der Waals surface area contributed by atoms with Crippen molar-refractivity contribution in [1.82, 2.24) is 31.3 Å². The van der Waals surface area contributed by atoms with Gasteiger partial charge in [-0.05, 0) is 50.2 Å². The molecule has 0 spiro atoms. The zero-order valence-corrected chi connectivity index (χ0v) is 15.9. The van der Waals surface area contributed by atoms with Crippen molar-refractivity contribution in [3.63, 3.8) is 0 Å². The second kappa shape index (κ2) is 7.20. The van der Waals surface area contributed by atoms with E-state index in [4.69, 9.17) is 16.0 Å². The molecule has 0 saturated carbocycles. The van der Waals surface area contributed by atoms with Crippen LogP contribution in [0.3, 0.4) is 0 Å². The lowest BCUT2D eigenvalue weighted by Crippen LogP contribution is -2.53. The van der Waals surface area contributed by atoms with Crippen LogP contribution in [-0.2, 0) is 4.79 Å². The fourth-order valence-electron chi connectivity index (χ4n) is 4.14. The topological polar surface area (TPSA) is 95.3 Å². The van der Waals surface area contributed by atoms with Gasteiger partial charge < -0.3 is 15.1 Å². The number of amides is 1. The Hall–Kier alpha value is -2.42. The summed E-state index contributed by atoms with van der Waals surface area (Å²) in [5, 5.41) is 17.6. The van der Waals surface area contributed by atoms with Gasteiger partial charge in [0.25, 0.3) is 0 Å². The first-order chi connectivity index (χ1) is 13.7. The smallest absolute Gasteiger partial charge is 0.247 e. The molecule has 1 aromatic heterocycles. The molecule has 4 heterocycles. The molecule has 1 aromatic carbocycles. The highest BCUT2D eigenvalue weighted by Crippen LogP contribution is 2.35. The number of carbonyl (C=O) groups is 1. The largest absolute Gasteiger partial charge is 0.420 e. The lowest BCUT2D eigenvalue weighted by molar-refractivity contribution is -0.119. The van der Waals surface area contributed by atoms with Gasteiger partial charge in [-0.1, -0.05) is 11.6 Å². The van der Waals surface area contributed by atoms with E-state index in [1.807, 2.05) is 12.1 Å². The number of aromatic nitrogens is 2. The van der Waals surface area contributed by atoms with Crippen molar-refractivity contribution >= 4 is 17.5 Å². The molecular weight excluding hydrogens is 380 g/mol. The monoisotopic (exact) mass is 400 g/mol. The summed E-state index contributed by atoms with van der Waals surface area (Å²) >= 11 is 5.95. The van der Waals surface area contributed by atoms with Crippen molar-refractivity contribution < 1.29 is 9.21 Å². The van der Waals surface area contributed by atoms with Crippen LogP contribution in [-0.4, -0.2) is 46.9 Å². The Balaban J connectivity index is 1.39. The molecule has 3 aliphatic rings. The van der Waals surface area contributed by atoms with Crippen molar-refractivity contribution in [2.24, 2.45) is 5.92 Å². The highest BCUT2D eigenvalue weighted by molar-refractivity contribution is 6.30. The van der Waals surface area contributed by atoms with Gasteiger partial charge in [-0.2, -0.15) is 0 Å². The number of nitrogens with one attached hydrogen (secondary N) is 3. The van der Waals surface area contributed by atoms with Gasteiger partial charge in [-0.15, -0.1) is 10.2 Å². The van der Waals surface area contributed by atoms with Crippen molar-refractivity contribution in [1.29, 1.82) is 0 Å². The van der Waals surface area contributed by atoms with Crippen molar-refractivity contribution in [2.75, 3.05) is 19.6 Å². The molecule has 9 heteroatoms. The third-order valence-electron chi connectivity index (χ3n) is 5.59. The predicted molar refractivity (Wildman–Crippen MR) is 103 cm³/mol. The number of nitrogens with zero attached hydrogens (tertiary/aromatic N) is 3. The Kier molecular flexibility index (Phi) is 4.54. The minimum atomic E-state index is -0.235.